The van der Waals surface area contributed by atoms with Crippen molar-refractivity contribution in [1.29, 1.82) is 0 Å². The maximum Gasteiger partial charge on any atom is 0.269 e. The molecule has 2 aromatic carbocycles. The number of carbonyl (C=O) groups excluding carboxylic acids is 3. The molecule has 4 aliphatic rings. The van der Waals surface area contributed by atoms with Gasteiger partial charge in [-0.2, -0.15) is 0 Å². The number of aryl methyl sites for hydroxylation is 1. The van der Waals surface area contributed by atoms with Gasteiger partial charge in [-0.3, -0.25) is 25.2 Å². The molecule has 6 nitrogen and oxygen atoms in total. The van der Waals surface area contributed by atoms with Crippen LogP contribution in [0.3, 0.4) is 0 Å². The van der Waals surface area contributed by atoms with Gasteiger partial charge in [0.25, 0.3) is 11.8 Å². The molecule has 0 unspecified atom stereocenters. The summed E-state index contributed by atoms with van der Waals surface area (Å²) in [6.07, 6.45) is 7.98. The fourth-order valence-electron chi connectivity index (χ4n) is 6.77. The largest absolute Gasteiger partial charge is 0.322 e. The maximum atomic E-state index is 12.7. The molecule has 33 heavy (non-hydrogen) atoms. The van der Waals surface area contributed by atoms with Crippen molar-refractivity contribution in [3.05, 3.63) is 65.2 Å². The van der Waals surface area contributed by atoms with Crippen LogP contribution in [0.4, 0.5) is 5.69 Å². The van der Waals surface area contributed by atoms with Crippen molar-refractivity contribution in [1.82, 2.24) is 10.9 Å². The minimum Gasteiger partial charge on any atom is -0.322 e. The van der Waals surface area contributed by atoms with Crippen molar-refractivity contribution in [3.8, 4) is 0 Å². The molecule has 4 fully saturated rings. The monoisotopic (exact) mass is 445 g/mol. The molecule has 172 valence electrons. The molecular formula is C27H31N3O3. The summed E-state index contributed by atoms with van der Waals surface area (Å²) in [5, 5.41) is 2.87. The van der Waals surface area contributed by atoms with E-state index in [4.69, 9.17) is 0 Å². The SMILES string of the molecule is Cc1ccc(C(=O)NNC(=O)CC23CC4CC(CC(C4)C2)C3)cc1NC(=O)c1ccccc1. The van der Waals surface area contributed by atoms with Crippen LogP contribution in [0.2, 0.25) is 0 Å². The lowest BCUT2D eigenvalue weighted by Gasteiger charge is -2.56. The Labute approximate surface area is 194 Å². The van der Waals surface area contributed by atoms with Crippen LogP contribution in [0.1, 0.15) is 71.2 Å². The van der Waals surface area contributed by atoms with Crippen molar-refractivity contribution in [2.75, 3.05) is 5.32 Å². The van der Waals surface area contributed by atoms with Crippen LogP contribution >= 0.6 is 0 Å². The Balaban J connectivity index is 1.18. The second-order valence-electron chi connectivity index (χ2n) is 10.4. The highest BCUT2D eigenvalue weighted by atomic mass is 16.2. The van der Waals surface area contributed by atoms with E-state index >= 15 is 0 Å². The van der Waals surface area contributed by atoms with Crippen molar-refractivity contribution >= 4 is 23.4 Å². The number of hydrogen-bond donors (Lipinski definition) is 3. The third-order valence-corrected chi connectivity index (χ3v) is 7.80. The minimum absolute atomic E-state index is 0.116. The third kappa shape index (κ3) is 4.65. The zero-order chi connectivity index (χ0) is 23.0. The fourth-order valence-corrected chi connectivity index (χ4v) is 6.77. The molecule has 0 saturated heterocycles. The molecule has 0 aliphatic heterocycles. The molecule has 0 atom stereocenters. The van der Waals surface area contributed by atoms with Crippen molar-refractivity contribution in [2.24, 2.45) is 23.2 Å². The predicted octanol–water partition coefficient (Wildman–Crippen LogP) is 4.61. The topological polar surface area (TPSA) is 87.3 Å². The number of rotatable bonds is 5. The van der Waals surface area contributed by atoms with E-state index in [0.29, 0.717) is 23.2 Å². The first-order valence-corrected chi connectivity index (χ1v) is 12.0. The highest BCUT2D eigenvalue weighted by Gasteiger charge is 2.51. The Kier molecular flexibility index (Phi) is 5.69. The van der Waals surface area contributed by atoms with Gasteiger partial charge >= 0.3 is 0 Å². The maximum absolute atomic E-state index is 12.7. The molecule has 3 N–H and O–H groups in total. The molecule has 3 amide bonds. The number of amides is 3. The number of hydrazine groups is 1. The molecule has 6 heteroatoms. The lowest BCUT2D eigenvalue weighted by Crippen LogP contribution is -2.50. The summed E-state index contributed by atoms with van der Waals surface area (Å²) < 4.78 is 0. The van der Waals surface area contributed by atoms with Crippen LogP contribution in [0.25, 0.3) is 0 Å². The van der Waals surface area contributed by atoms with Crippen LogP contribution in [-0.2, 0) is 4.79 Å². The highest BCUT2D eigenvalue weighted by molar-refractivity contribution is 6.05. The molecule has 0 spiro atoms. The van der Waals surface area contributed by atoms with E-state index < -0.39 is 5.91 Å². The lowest BCUT2D eigenvalue weighted by molar-refractivity contribution is -0.130. The average Bonchev–Trinajstić information content (AvgIpc) is 2.78. The fraction of sp³-hybridized carbons (Fsp3) is 0.444. The molecule has 4 saturated carbocycles. The predicted molar refractivity (Wildman–Crippen MR) is 126 cm³/mol. The van der Waals surface area contributed by atoms with E-state index in [1.165, 1.54) is 19.3 Å². The Bertz CT molecular complexity index is 1040. The second kappa shape index (κ2) is 8.65. The van der Waals surface area contributed by atoms with E-state index in [9.17, 15) is 14.4 Å². The molecule has 4 bridgehead atoms. The molecule has 0 heterocycles. The first-order chi connectivity index (χ1) is 15.9. The van der Waals surface area contributed by atoms with Gasteiger partial charge in [-0.25, -0.2) is 0 Å². The van der Waals surface area contributed by atoms with Crippen molar-refractivity contribution in [2.45, 2.75) is 51.9 Å². The van der Waals surface area contributed by atoms with Crippen molar-refractivity contribution in [3.63, 3.8) is 0 Å². The number of hydrogen-bond acceptors (Lipinski definition) is 3. The van der Waals surface area contributed by atoms with E-state index in [0.717, 1.165) is 42.6 Å². The molecular weight excluding hydrogens is 414 g/mol. The molecule has 0 radical (unpaired) electrons. The van der Waals surface area contributed by atoms with E-state index in [1.807, 2.05) is 13.0 Å². The van der Waals surface area contributed by atoms with Gasteiger partial charge in [-0.1, -0.05) is 24.3 Å². The minimum atomic E-state index is -0.399. The van der Waals surface area contributed by atoms with E-state index in [1.54, 1.807) is 42.5 Å². The summed E-state index contributed by atoms with van der Waals surface area (Å²) >= 11 is 0. The number of carbonyl (C=O) groups is 3. The molecule has 6 rings (SSSR count). The zero-order valence-corrected chi connectivity index (χ0v) is 19.0. The van der Waals surface area contributed by atoms with E-state index in [2.05, 4.69) is 16.2 Å². The number of nitrogens with one attached hydrogen (secondary N) is 3. The van der Waals surface area contributed by atoms with Gasteiger partial charge in [0.2, 0.25) is 5.91 Å². The average molecular weight is 446 g/mol. The van der Waals surface area contributed by atoms with Gasteiger partial charge < -0.3 is 5.32 Å². The van der Waals surface area contributed by atoms with Crippen LogP contribution in [-0.4, -0.2) is 17.7 Å². The normalized spacial score (nSPS) is 27.1. The quantitative estimate of drug-likeness (QED) is 0.587. The summed E-state index contributed by atoms with van der Waals surface area (Å²) in [6.45, 7) is 1.87. The van der Waals surface area contributed by atoms with Crippen LogP contribution in [0.15, 0.2) is 48.5 Å². The smallest absolute Gasteiger partial charge is 0.269 e. The van der Waals surface area contributed by atoms with Crippen molar-refractivity contribution < 1.29 is 14.4 Å². The van der Waals surface area contributed by atoms with Gasteiger partial charge in [0, 0.05) is 23.2 Å². The Morgan fingerprint density at radius 2 is 1.45 bits per heavy atom. The summed E-state index contributed by atoms with van der Waals surface area (Å²) in [6, 6.07) is 14.0. The lowest BCUT2D eigenvalue weighted by atomic mass is 9.49. The first-order valence-electron chi connectivity index (χ1n) is 12.0. The number of benzene rings is 2. The van der Waals surface area contributed by atoms with Gasteiger partial charge in [-0.05, 0) is 98.4 Å². The van der Waals surface area contributed by atoms with Gasteiger partial charge in [0.15, 0.2) is 0 Å². The van der Waals surface area contributed by atoms with Crippen LogP contribution < -0.4 is 16.2 Å². The van der Waals surface area contributed by atoms with Gasteiger partial charge in [0.1, 0.15) is 0 Å². The highest BCUT2D eigenvalue weighted by Crippen LogP contribution is 2.61. The van der Waals surface area contributed by atoms with Gasteiger partial charge in [0.05, 0.1) is 0 Å². The molecule has 2 aromatic rings. The standard InChI is InChI=1S/C27H31N3O3/c1-17-7-8-22(12-23(17)28-25(32)21-5-3-2-4-6-21)26(33)30-29-24(31)16-27-13-18-9-19(14-27)11-20(10-18)15-27/h2-8,12,18-20H,9-11,13-16H2,1H3,(H,28,32)(H,29,31)(H,30,33). The van der Waals surface area contributed by atoms with E-state index in [-0.39, 0.29) is 17.2 Å². The Morgan fingerprint density at radius 3 is 2.09 bits per heavy atom. The van der Waals surface area contributed by atoms with Gasteiger partial charge in [-0.15, -0.1) is 0 Å². The second-order valence-corrected chi connectivity index (χ2v) is 10.4. The Morgan fingerprint density at radius 1 is 0.818 bits per heavy atom. The van der Waals surface area contributed by atoms with Crippen LogP contribution in [0.5, 0.6) is 0 Å². The zero-order valence-electron chi connectivity index (χ0n) is 19.0. The number of anilines is 1. The molecule has 4 aliphatic carbocycles. The summed E-state index contributed by atoms with van der Waals surface area (Å²) in [4.78, 5) is 37.9. The van der Waals surface area contributed by atoms with Crippen LogP contribution in [0, 0.1) is 30.1 Å². The molecule has 0 aromatic heterocycles. The summed E-state index contributed by atoms with van der Waals surface area (Å²) in [5.74, 6) is 1.61. The summed E-state index contributed by atoms with van der Waals surface area (Å²) in [7, 11) is 0. The Hall–Kier alpha value is -3.15. The summed E-state index contributed by atoms with van der Waals surface area (Å²) in [5.41, 5.74) is 7.65. The third-order valence-electron chi connectivity index (χ3n) is 7.80. The first kappa shape index (κ1) is 21.7.